The fraction of sp³-hybridized carbons (Fsp3) is 0.391. The fourth-order valence-corrected chi connectivity index (χ4v) is 5.24. The van der Waals surface area contributed by atoms with E-state index in [9.17, 15) is 44.7 Å². The number of phenolic OH excluding ortho intramolecular Hbond substituents is 1. The van der Waals surface area contributed by atoms with Gasteiger partial charge in [0.1, 0.15) is 22.8 Å². The molecule has 4 rings (SSSR count). The number of Topliss-reactive ketones (excluding diaryl/α,β-unsaturated/α-hetero) is 3. The van der Waals surface area contributed by atoms with Crippen LogP contribution in [0.5, 0.6) is 5.75 Å². The average molecular weight is 492 g/mol. The lowest BCUT2D eigenvalue weighted by molar-refractivity contribution is -0.158. The molecule has 3 aliphatic rings. The van der Waals surface area contributed by atoms with Crippen LogP contribution in [0.15, 0.2) is 29.0 Å². The van der Waals surface area contributed by atoms with E-state index >= 15 is 0 Å². The first-order chi connectivity index (χ1) is 15.7. The molecule has 4 atom stereocenters. The molecule has 1 amide bonds. The summed E-state index contributed by atoms with van der Waals surface area (Å²) < 4.78 is 0. The number of fused-ring (bicyclic) bond motifs is 3. The van der Waals surface area contributed by atoms with Gasteiger partial charge in [0.15, 0.2) is 17.2 Å². The third kappa shape index (κ3) is 2.82. The number of phenols is 1. The van der Waals surface area contributed by atoms with E-state index in [1.807, 2.05) is 0 Å². The predicted octanol–water partition coefficient (Wildman–Crippen LogP) is 0.551. The second-order valence-electron chi connectivity index (χ2n) is 9.41. The van der Waals surface area contributed by atoms with Crippen LogP contribution in [0.2, 0.25) is 0 Å². The Balaban J connectivity index is 2.02. The highest BCUT2D eigenvalue weighted by molar-refractivity contribution is 6.25. The number of aliphatic hydroxyl groups is 4. The summed E-state index contributed by atoms with van der Waals surface area (Å²) in [6.45, 7) is 3.41. The Morgan fingerprint density at radius 1 is 1.21 bits per heavy atom. The number of alkyl halides is 1. The number of amides is 1. The van der Waals surface area contributed by atoms with Crippen molar-refractivity contribution in [3.05, 3.63) is 45.7 Å². The van der Waals surface area contributed by atoms with E-state index in [-0.39, 0.29) is 22.6 Å². The van der Waals surface area contributed by atoms with Gasteiger partial charge in [-0.2, -0.15) is 0 Å². The molecule has 1 aromatic carbocycles. The molecule has 0 spiro atoms. The van der Waals surface area contributed by atoms with Gasteiger partial charge in [0, 0.05) is 34.8 Å². The molecule has 0 heterocycles. The summed E-state index contributed by atoms with van der Waals surface area (Å²) in [7, 11) is 0. The third-order valence-electron chi connectivity index (χ3n) is 7.00. The van der Waals surface area contributed by atoms with Gasteiger partial charge in [-0.3, -0.25) is 19.2 Å². The van der Waals surface area contributed by atoms with Crippen LogP contribution in [0.25, 0.3) is 5.76 Å². The van der Waals surface area contributed by atoms with Gasteiger partial charge >= 0.3 is 0 Å². The maximum atomic E-state index is 13.5. The summed E-state index contributed by atoms with van der Waals surface area (Å²) in [4.78, 5) is 50.9. The van der Waals surface area contributed by atoms with Crippen molar-refractivity contribution < 1.29 is 44.7 Å². The van der Waals surface area contributed by atoms with Crippen molar-refractivity contribution in [2.75, 3.05) is 5.88 Å². The van der Waals surface area contributed by atoms with E-state index in [1.165, 1.54) is 12.1 Å². The van der Waals surface area contributed by atoms with Crippen molar-refractivity contribution in [2.45, 2.75) is 37.4 Å². The molecule has 0 bridgehead atoms. The molecule has 0 radical (unpaired) electrons. The first kappa shape index (κ1) is 23.9. The number of primary amides is 1. The molecule has 0 saturated heterocycles. The van der Waals surface area contributed by atoms with Crippen LogP contribution < -0.4 is 5.73 Å². The van der Waals surface area contributed by atoms with Crippen molar-refractivity contribution in [2.24, 2.45) is 17.6 Å². The van der Waals surface area contributed by atoms with Crippen LogP contribution in [-0.4, -0.2) is 66.4 Å². The molecule has 11 heteroatoms. The van der Waals surface area contributed by atoms with Gasteiger partial charge in [0.05, 0.1) is 23.2 Å². The number of hydrogen-bond donors (Lipinski definition) is 6. The highest BCUT2D eigenvalue weighted by Crippen LogP contribution is 2.52. The Hall–Kier alpha value is -3.21. The van der Waals surface area contributed by atoms with E-state index in [4.69, 9.17) is 17.3 Å². The number of hydrogen-bond acceptors (Lipinski definition) is 9. The number of carbonyl (C=O) groups excluding carboxylic acids is 4. The number of aromatic hydroxyl groups is 1. The Morgan fingerprint density at radius 2 is 1.82 bits per heavy atom. The van der Waals surface area contributed by atoms with Gasteiger partial charge in [-0.1, -0.05) is 26.0 Å². The molecule has 1 fully saturated rings. The molecule has 0 unspecified atom stereocenters. The zero-order chi connectivity index (χ0) is 25.5. The summed E-state index contributed by atoms with van der Waals surface area (Å²) in [5.74, 6) is -10.7. The topological polar surface area (TPSA) is 195 Å². The lowest BCUT2D eigenvalue weighted by Gasteiger charge is -2.48. The number of ketones is 3. The van der Waals surface area contributed by atoms with E-state index in [0.29, 0.717) is 0 Å². The van der Waals surface area contributed by atoms with E-state index in [0.717, 1.165) is 0 Å². The van der Waals surface area contributed by atoms with Crippen molar-refractivity contribution in [3.63, 3.8) is 0 Å². The molecule has 7 N–H and O–H groups in total. The van der Waals surface area contributed by atoms with Crippen molar-refractivity contribution in [1.82, 2.24) is 0 Å². The van der Waals surface area contributed by atoms with Crippen LogP contribution in [-0.2, 0) is 19.8 Å². The standard InChI is InChI=1S/C23H22ClNO9/c1-22(2,6-24)8-4-3-7-11(16(8)28)18(30)14-13(15(7)27)17(29)9-5-10(26)12(21(25)33)19(31)23(9,34)20(14)32/h3-4,9,13,17,28-31,34H,5-6H2,1-2H3,(H2,25,33)/t9-,13+,17-,23-/m1/s1. The normalized spacial score (nSPS) is 29.1. The van der Waals surface area contributed by atoms with Crippen molar-refractivity contribution in [3.8, 4) is 5.75 Å². The largest absolute Gasteiger partial charge is 0.508 e. The van der Waals surface area contributed by atoms with E-state index in [1.54, 1.807) is 13.8 Å². The van der Waals surface area contributed by atoms with Crippen LogP contribution in [0.1, 0.15) is 41.8 Å². The van der Waals surface area contributed by atoms with Crippen LogP contribution in [0.4, 0.5) is 0 Å². The van der Waals surface area contributed by atoms with Gasteiger partial charge in [-0.05, 0) is 0 Å². The molecule has 0 aliphatic heterocycles. The number of benzene rings is 1. The van der Waals surface area contributed by atoms with Gasteiger partial charge in [0.2, 0.25) is 5.78 Å². The molecule has 3 aliphatic carbocycles. The minimum absolute atomic E-state index is 0.0644. The van der Waals surface area contributed by atoms with E-state index in [2.05, 4.69) is 0 Å². The van der Waals surface area contributed by atoms with Crippen molar-refractivity contribution >= 4 is 40.6 Å². The van der Waals surface area contributed by atoms with Gasteiger partial charge in [-0.15, -0.1) is 11.6 Å². The summed E-state index contributed by atoms with van der Waals surface area (Å²) >= 11 is 5.99. The number of aliphatic hydroxyl groups excluding tert-OH is 3. The monoisotopic (exact) mass is 491 g/mol. The maximum Gasteiger partial charge on any atom is 0.255 e. The molecular weight excluding hydrogens is 470 g/mol. The maximum absolute atomic E-state index is 13.5. The average Bonchev–Trinajstić information content (AvgIpc) is 2.76. The van der Waals surface area contributed by atoms with Crippen molar-refractivity contribution in [1.29, 1.82) is 0 Å². The quantitative estimate of drug-likeness (QED) is 0.258. The fourth-order valence-electron chi connectivity index (χ4n) is 5.09. The second-order valence-corrected chi connectivity index (χ2v) is 9.68. The summed E-state index contributed by atoms with van der Waals surface area (Å²) in [5.41, 5.74) is -0.753. The number of rotatable bonds is 3. The zero-order valence-electron chi connectivity index (χ0n) is 18.1. The lowest BCUT2D eigenvalue weighted by Crippen LogP contribution is -2.64. The second kappa shape index (κ2) is 7.39. The Morgan fingerprint density at radius 3 is 2.38 bits per heavy atom. The zero-order valence-corrected chi connectivity index (χ0v) is 18.9. The highest BCUT2D eigenvalue weighted by Gasteiger charge is 2.65. The first-order valence-corrected chi connectivity index (χ1v) is 10.9. The van der Waals surface area contributed by atoms with Gasteiger partial charge in [0.25, 0.3) is 5.91 Å². The minimum Gasteiger partial charge on any atom is -0.508 e. The smallest absolute Gasteiger partial charge is 0.255 e. The SMILES string of the molecule is CC(C)(CCl)c1ccc2c(c1O)C(O)=C1C(=O)[C@]3(O)C(O)=C(C(N)=O)C(=O)C[C@@H]3[C@@H](O)[C@@H]1C2=O. The predicted molar refractivity (Wildman–Crippen MR) is 117 cm³/mol. The Labute approximate surface area is 197 Å². The van der Waals surface area contributed by atoms with Gasteiger partial charge < -0.3 is 31.3 Å². The molecule has 1 aromatic rings. The van der Waals surface area contributed by atoms with Crippen LogP contribution in [0.3, 0.4) is 0 Å². The molecule has 34 heavy (non-hydrogen) atoms. The Kier molecular flexibility index (Phi) is 5.20. The van der Waals surface area contributed by atoms with Gasteiger partial charge in [-0.25, -0.2) is 0 Å². The number of halogens is 1. The summed E-state index contributed by atoms with van der Waals surface area (Å²) in [6.07, 6.45) is -2.66. The molecular formula is C23H22ClNO9. The number of carbonyl (C=O) groups is 4. The molecule has 10 nitrogen and oxygen atoms in total. The first-order valence-electron chi connectivity index (χ1n) is 10.3. The molecule has 0 aromatic heterocycles. The van der Waals surface area contributed by atoms with Crippen LogP contribution >= 0.6 is 11.6 Å². The Bertz CT molecular complexity index is 1260. The third-order valence-corrected chi connectivity index (χ3v) is 7.67. The molecule has 180 valence electrons. The molecule has 1 saturated carbocycles. The summed E-state index contributed by atoms with van der Waals surface area (Å²) in [6, 6.07) is 2.76. The number of nitrogens with two attached hydrogens (primary N) is 1. The minimum atomic E-state index is -3.00. The van der Waals surface area contributed by atoms with E-state index < -0.39 is 87.0 Å². The highest BCUT2D eigenvalue weighted by atomic mass is 35.5. The van der Waals surface area contributed by atoms with Crippen LogP contribution in [0, 0.1) is 11.8 Å². The summed E-state index contributed by atoms with van der Waals surface area (Å²) in [5, 5.41) is 54.7. The lowest BCUT2D eigenvalue weighted by atomic mass is 9.57.